The lowest BCUT2D eigenvalue weighted by Crippen LogP contribution is -2.58. The lowest BCUT2D eigenvalue weighted by Gasteiger charge is -2.44. The zero-order chi connectivity index (χ0) is 12.5. The molecule has 18 heavy (non-hydrogen) atoms. The largest absolute Gasteiger partial charge is 0.465 e. The van der Waals surface area contributed by atoms with Crippen molar-refractivity contribution in [2.75, 3.05) is 13.1 Å². The minimum atomic E-state index is -0.729. The molecule has 1 amide bonds. The molecule has 2 atom stereocenters. The standard InChI is InChI=1S/C14H24N2O2/c17-14(18)15-9-12-7-8-13(10-15)16(12)11-5-3-1-2-4-6-11/h11-13H,1-10H2,(H,17,18). The molecular weight excluding hydrogens is 228 g/mol. The highest BCUT2D eigenvalue weighted by Gasteiger charge is 2.44. The van der Waals surface area contributed by atoms with Crippen LogP contribution < -0.4 is 0 Å². The highest BCUT2D eigenvalue weighted by molar-refractivity contribution is 5.65. The summed E-state index contributed by atoms with van der Waals surface area (Å²) in [7, 11) is 0. The van der Waals surface area contributed by atoms with Crippen molar-refractivity contribution in [3.05, 3.63) is 0 Å². The molecule has 2 unspecified atom stereocenters. The zero-order valence-corrected chi connectivity index (χ0v) is 11.1. The topological polar surface area (TPSA) is 43.8 Å². The molecule has 102 valence electrons. The Hall–Kier alpha value is -0.770. The molecule has 2 heterocycles. The van der Waals surface area contributed by atoms with Gasteiger partial charge in [-0.15, -0.1) is 0 Å². The van der Waals surface area contributed by atoms with E-state index in [1.54, 1.807) is 4.90 Å². The lowest BCUT2D eigenvalue weighted by molar-refractivity contribution is 0.0298. The Balaban J connectivity index is 1.69. The van der Waals surface area contributed by atoms with Gasteiger partial charge in [0.2, 0.25) is 0 Å². The summed E-state index contributed by atoms with van der Waals surface area (Å²) in [5.41, 5.74) is 0. The fraction of sp³-hybridized carbons (Fsp3) is 0.929. The van der Waals surface area contributed by atoms with Crippen LogP contribution in [0.3, 0.4) is 0 Å². The van der Waals surface area contributed by atoms with Crippen LogP contribution in [-0.2, 0) is 0 Å². The number of fused-ring (bicyclic) bond motifs is 2. The predicted molar refractivity (Wildman–Crippen MR) is 69.7 cm³/mol. The van der Waals surface area contributed by atoms with Crippen molar-refractivity contribution in [1.29, 1.82) is 0 Å². The maximum absolute atomic E-state index is 11.1. The average molecular weight is 252 g/mol. The number of piperazine rings is 1. The molecule has 3 rings (SSSR count). The molecule has 0 radical (unpaired) electrons. The quantitative estimate of drug-likeness (QED) is 0.729. The molecule has 2 bridgehead atoms. The van der Waals surface area contributed by atoms with E-state index in [1.807, 2.05) is 0 Å². The summed E-state index contributed by atoms with van der Waals surface area (Å²) in [6.07, 6.45) is 9.84. The van der Waals surface area contributed by atoms with Crippen LogP contribution in [0.4, 0.5) is 4.79 Å². The molecule has 1 saturated carbocycles. The fourth-order valence-electron chi connectivity index (χ4n) is 4.24. The Kier molecular flexibility index (Phi) is 3.46. The van der Waals surface area contributed by atoms with E-state index in [0.717, 1.165) is 19.1 Å². The first kappa shape index (κ1) is 12.3. The van der Waals surface area contributed by atoms with E-state index in [0.29, 0.717) is 12.1 Å². The van der Waals surface area contributed by atoms with Gasteiger partial charge in [-0.05, 0) is 25.7 Å². The van der Waals surface area contributed by atoms with E-state index in [4.69, 9.17) is 5.11 Å². The molecular formula is C14H24N2O2. The van der Waals surface area contributed by atoms with Crippen LogP contribution in [0.5, 0.6) is 0 Å². The van der Waals surface area contributed by atoms with Crippen LogP contribution in [0.2, 0.25) is 0 Å². The maximum atomic E-state index is 11.1. The molecule has 0 aromatic rings. The van der Waals surface area contributed by atoms with Crippen molar-refractivity contribution in [2.24, 2.45) is 0 Å². The highest BCUT2D eigenvalue weighted by atomic mass is 16.4. The number of carboxylic acid groups (broad SMARTS) is 1. The molecule has 2 aliphatic heterocycles. The van der Waals surface area contributed by atoms with Crippen LogP contribution in [0.1, 0.15) is 51.4 Å². The molecule has 4 heteroatoms. The average Bonchev–Trinajstić information content (AvgIpc) is 2.61. The molecule has 3 fully saturated rings. The van der Waals surface area contributed by atoms with E-state index >= 15 is 0 Å². The number of hydrogen-bond donors (Lipinski definition) is 1. The third kappa shape index (κ3) is 2.22. The molecule has 2 saturated heterocycles. The number of rotatable bonds is 1. The third-order valence-corrected chi connectivity index (χ3v) is 5.06. The van der Waals surface area contributed by atoms with Gasteiger partial charge in [0.1, 0.15) is 0 Å². The molecule has 1 aliphatic carbocycles. The summed E-state index contributed by atoms with van der Waals surface area (Å²) >= 11 is 0. The van der Waals surface area contributed by atoms with Gasteiger partial charge in [0.15, 0.2) is 0 Å². The number of hydrogen-bond acceptors (Lipinski definition) is 2. The van der Waals surface area contributed by atoms with Crippen LogP contribution in [0, 0.1) is 0 Å². The van der Waals surface area contributed by atoms with Crippen LogP contribution in [-0.4, -0.2) is 52.2 Å². The second-order valence-electron chi connectivity index (χ2n) is 6.17. The fourth-order valence-corrected chi connectivity index (χ4v) is 4.24. The minimum Gasteiger partial charge on any atom is -0.465 e. The molecule has 0 aromatic carbocycles. The molecule has 4 nitrogen and oxygen atoms in total. The number of amides is 1. The number of carbonyl (C=O) groups is 1. The summed E-state index contributed by atoms with van der Waals surface area (Å²) in [6, 6.07) is 1.74. The highest BCUT2D eigenvalue weighted by Crippen LogP contribution is 2.36. The Bertz CT molecular complexity index is 299. The van der Waals surface area contributed by atoms with Gasteiger partial charge in [-0.1, -0.05) is 25.7 Å². The monoisotopic (exact) mass is 252 g/mol. The van der Waals surface area contributed by atoms with Crippen molar-refractivity contribution < 1.29 is 9.90 Å². The first-order valence-corrected chi connectivity index (χ1v) is 7.51. The molecule has 0 aromatic heterocycles. The Labute approximate surface area is 109 Å². The first-order chi connectivity index (χ1) is 8.75. The van der Waals surface area contributed by atoms with E-state index in [-0.39, 0.29) is 0 Å². The molecule has 1 N–H and O–H groups in total. The lowest BCUT2D eigenvalue weighted by atomic mass is 10.0. The van der Waals surface area contributed by atoms with Crippen LogP contribution in [0.25, 0.3) is 0 Å². The summed E-state index contributed by atoms with van der Waals surface area (Å²) in [6.45, 7) is 1.48. The van der Waals surface area contributed by atoms with Gasteiger partial charge in [0, 0.05) is 31.2 Å². The van der Waals surface area contributed by atoms with Gasteiger partial charge in [-0.3, -0.25) is 4.90 Å². The van der Waals surface area contributed by atoms with Gasteiger partial charge < -0.3 is 10.0 Å². The second kappa shape index (κ2) is 5.08. The maximum Gasteiger partial charge on any atom is 0.407 e. The van der Waals surface area contributed by atoms with E-state index in [1.165, 1.54) is 51.4 Å². The van der Waals surface area contributed by atoms with Crippen LogP contribution >= 0.6 is 0 Å². The summed E-state index contributed by atoms with van der Waals surface area (Å²) in [4.78, 5) is 15.5. The Morgan fingerprint density at radius 3 is 1.89 bits per heavy atom. The van der Waals surface area contributed by atoms with E-state index in [2.05, 4.69) is 4.90 Å². The van der Waals surface area contributed by atoms with Crippen LogP contribution in [0.15, 0.2) is 0 Å². The van der Waals surface area contributed by atoms with Gasteiger partial charge in [0.05, 0.1) is 0 Å². The normalized spacial score (nSPS) is 34.6. The van der Waals surface area contributed by atoms with E-state index < -0.39 is 6.09 Å². The predicted octanol–water partition coefficient (Wildman–Crippen LogP) is 2.54. The molecule has 3 aliphatic rings. The van der Waals surface area contributed by atoms with Gasteiger partial charge in [0.25, 0.3) is 0 Å². The van der Waals surface area contributed by atoms with Crippen molar-refractivity contribution in [3.8, 4) is 0 Å². The third-order valence-electron chi connectivity index (χ3n) is 5.06. The zero-order valence-electron chi connectivity index (χ0n) is 11.1. The Morgan fingerprint density at radius 1 is 0.833 bits per heavy atom. The van der Waals surface area contributed by atoms with Gasteiger partial charge in [-0.25, -0.2) is 4.79 Å². The Morgan fingerprint density at radius 2 is 1.39 bits per heavy atom. The SMILES string of the molecule is O=C(O)N1CC2CCC(C1)N2C1CCCCCC1. The van der Waals surface area contributed by atoms with E-state index in [9.17, 15) is 4.79 Å². The van der Waals surface area contributed by atoms with Crippen molar-refractivity contribution >= 4 is 6.09 Å². The minimum absolute atomic E-state index is 0.503. The van der Waals surface area contributed by atoms with Crippen molar-refractivity contribution in [3.63, 3.8) is 0 Å². The second-order valence-corrected chi connectivity index (χ2v) is 6.17. The van der Waals surface area contributed by atoms with Gasteiger partial charge in [-0.2, -0.15) is 0 Å². The summed E-state index contributed by atoms with van der Waals surface area (Å²) < 4.78 is 0. The van der Waals surface area contributed by atoms with Crippen molar-refractivity contribution in [1.82, 2.24) is 9.80 Å². The number of likely N-dealkylation sites (tertiary alicyclic amines) is 1. The molecule has 0 spiro atoms. The number of nitrogens with zero attached hydrogens (tertiary/aromatic N) is 2. The van der Waals surface area contributed by atoms with Gasteiger partial charge >= 0.3 is 6.09 Å². The smallest absolute Gasteiger partial charge is 0.407 e. The first-order valence-electron chi connectivity index (χ1n) is 7.51. The summed E-state index contributed by atoms with van der Waals surface area (Å²) in [5, 5.41) is 9.15. The van der Waals surface area contributed by atoms with Crippen molar-refractivity contribution in [2.45, 2.75) is 69.5 Å². The summed E-state index contributed by atoms with van der Waals surface area (Å²) in [5.74, 6) is 0.